The second-order valence-corrected chi connectivity index (χ2v) is 5.89. The van der Waals surface area contributed by atoms with Crippen LogP contribution >= 0.6 is 22.9 Å². The molecule has 0 saturated carbocycles. The molecule has 2 aromatic rings. The van der Waals surface area contributed by atoms with Crippen molar-refractivity contribution >= 4 is 22.9 Å². The number of para-hydroxylation sites is 1. The van der Waals surface area contributed by atoms with Crippen molar-refractivity contribution < 1.29 is 4.74 Å². The minimum Gasteiger partial charge on any atom is -0.487 e. The molecule has 0 amide bonds. The first-order chi connectivity index (χ1) is 8.70. The van der Waals surface area contributed by atoms with E-state index in [4.69, 9.17) is 16.3 Å². The Labute approximate surface area is 117 Å². The van der Waals surface area contributed by atoms with E-state index in [9.17, 15) is 0 Å². The Morgan fingerprint density at radius 1 is 1.28 bits per heavy atom. The number of rotatable bonds is 5. The van der Waals surface area contributed by atoms with Gasteiger partial charge in [-0.1, -0.05) is 29.8 Å². The zero-order valence-corrected chi connectivity index (χ0v) is 12.1. The quantitative estimate of drug-likeness (QED) is 0.894. The van der Waals surface area contributed by atoms with E-state index in [1.54, 1.807) is 11.3 Å². The number of nitrogens with one attached hydrogen (secondary N) is 1. The summed E-state index contributed by atoms with van der Waals surface area (Å²) in [6.07, 6.45) is 0. The predicted molar refractivity (Wildman–Crippen MR) is 77.6 cm³/mol. The maximum absolute atomic E-state index is 5.93. The van der Waals surface area contributed by atoms with E-state index in [0.717, 1.165) is 27.1 Å². The summed E-state index contributed by atoms with van der Waals surface area (Å²) in [5.74, 6) is 0.969. The lowest BCUT2D eigenvalue weighted by molar-refractivity contribution is 0.303. The zero-order chi connectivity index (χ0) is 13.0. The molecule has 0 saturated heterocycles. The lowest BCUT2D eigenvalue weighted by Crippen LogP contribution is -2.08. The molecule has 0 bridgehead atoms. The van der Waals surface area contributed by atoms with Crippen molar-refractivity contribution in [2.75, 3.05) is 7.05 Å². The van der Waals surface area contributed by atoms with Crippen LogP contribution in [0.5, 0.6) is 5.75 Å². The second-order valence-electron chi connectivity index (χ2n) is 4.09. The van der Waals surface area contributed by atoms with Crippen molar-refractivity contribution in [3.63, 3.8) is 0 Å². The standard InChI is InChI=1S/C14H16ClNOS/c1-10-4-3-5-11(8-16-2)14(10)17-9-12-6-7-13(15)18-12/h3-7,16H,8-9H2,1-2H3. The topological polar surface area (TPSA) is 21.3 Å². The van der Waals surface area contributed by atoms with Gasteiger partial charge in [0.15, 0.2) is 0 Å². The van der Waals surface area contributed by atoms with Crippen LogP contribution < -0.4 is 10.1 Å². The van der Waals surface area contributed by atoms with Crippen molar-refractivity contribution in [1.29, 1.82) is 0 Å². The maximum Gasteiger partial charge on any atom is 0.127 e. The molecule has 1 heterocycles. The summed E-state index contributed by atoms with van der Waals surface area (Å²) in [5.41, 5.74) is 2.34. The normalized spacial score (nSPS) is 10.6. The molecule has 2 rings (SSSR count). The molecule has 0 aliphatic rings. The Balaban J connectivity index is 2.12. The molecule has 1 aromatic heterocycles. The molecule has 0 atom stereocenters. The predicted octanol–water partition coefficient (Wildman–Crippen LogP) is 4.01. The first-order valence-corrected chi connectivity index (χ1v) is 7.00. The average Bonchev–Trinajstić information content (AvgIpc) is 2.75. The largest absolute Gasteiger partial charge is 0.487 e. The number of thiophene rings is 1. The lowest BCUT2D eigenvalue weighted by atomic mass is 10.1. The van der Waals surface area contributed by atoms with E-state index < -0.39 is 0 Å². The summed E-state index contributed by atoms with van der Waals surface area (Å²) in [6.45, 7) is 3.44. The molecule has 0 fully saturated rings. The van der Waals surface area contributed by atoms with Gasteiger partial charge in [0.2, 0.25) is 0 Å². The average molecular weight is 282 g/mol. The van der Waals surface area contributed by atoms with Gasteiger partial charge < -0.3 is 10.1 Å². The van der Waals surface area contributed by atoms with Crippen molar-refractivity contribution in [2.24, 2.45) is 0 Å². The number of aryl methyl sites for hydroxylation is 1. The number of hydrogen-bond donors (Lipinski definition) is 1. The summed E-state index contributed by atoms with van der Waals surface area (Å²) in [7, 11) is 1.94. The van der Waals surface area contributed by atoms with Crippen LogP contribution in [0, 0.1) is 6.92 Å². The van der Waals surface area contributed by atoms with E-state index in [1.165, 1.54) is 5.56 Å². The smallest absolute Gasteiger partial charge is 0.127 e. The van der Waals surface area contributed by atoms with Crippen LogP contribution in [0.4, 0.5) is 0 Å². The molecule has 18 heavy (non-hydrogen) atoms. The summed E-state index contributed by atoms with van der Waals surface area (Å²) < 4.78 is 6.73. The fraction of sp³-hybridized carbons (Fsp3) is 0.286. The molecular formula is C14H16ClNOS. The third-order valence-electron chi connectivity index (χ3n) is 2.65. The lowest BCUT2D eigenvalue weighted by Gasteiger charge is -2.13. The van der Waals surface area contributed by atoms with Crippen LogP contribution in [0.1, 0.15) is 16.0 Å². The van der Waals surface area contributed by atoms with Crippen LogP contribution in [0.2, 0.25) is 4.34 Å². The molecule has 0 aliphatic carbocycles. The van der Waals surface area contributed by atoms with Gasteiger partial charge in [0.25, 0.3) is 0 Å². The molecule has 0 radical (unpaired) electrons. The van der Waals surface area contributed by atoms with Gasteiger partial charge in [-0.2, -0.15) is 0 Å². The first kappa shape index (κ1) is 13.4. The Morgan fingerprint density at radius 3 is 2.78 bits per heavy atom. The molecule has 96 valence electrons. The van der Waals surface area contributed by atoms with Crippen LogP contribution in [0.3, 0.4) is 0 Å². The minimum atomic E-state index is 0.568. The van der Waals surface area contributed by atoms with Crippen molar-refractivity contribution in [3.05, 3.63) is 50.7 Å². The van der Waals surface area contributed by atoms with Gasteiger partial charge in [0.1, 0.15) is 12.4 Å². The molecule has 1 N–H and O–H groups in total. The number of benzene rings is 1. The number of ether oxygens (including phenoxy) is 1. The second kappa shape index (κ2) is 6.23. The molecule has 0 aliphatic heterocycles. The molecule has 2 nitrogen and oxygen atoms in total. The molecule has 0 spiro atoms. The van der Waals surface area contributed by atoms with Gasteiger partial charge >= 0.3 is 0 Å². The van der Waals surface area contributed by atoms with Crippen LogP contribution in [0.15, 0.2) is 30.3 Å². The number of hydrogen-bond acceptors (Lipinski definition) is 3. The molecule has 0 unspecified atom stereocenters. The van der Waals surface area contributed by atoms with Crippen LogP contribution in [-0.4, -0.2) is 7.05 Å². The van der Waals surface area contributed by atoms with Crippen molar-refractivity contribution in [1.82, 2.24) is 5.32 Å². The van der Waals surface area contributed by atoms with E-state index in [-0.39, 0.29) is 0 Å². The van der Waals surface area contributed by atoms with Gasteiger partial charge in [0, 0.05) is 17.0 Å². The van der Waals surface area contributed by atoms with Gasteiger partial charge in [-0.05, 0) is 31.7 Å². The Bertz CT molecular complexity index is 524. The first-order valence-electron chi connectivity index (χ1n) is 5.81. The minimum absolute atomic E-state index is 0.568. The highest BCUT2D eigenvalue weighted by Gasteiger charge is 2.07. The van der Waals surface area contributed by atoms with Gasteiger partial charge in [-0.3, -0.25) is 0 Å². The number of halogens is 1. The molecular weight excluding hydrogens is 266 g/mol. The van der Waals surface area contributed by atoms with E-state index in [2.05, 4.69) is 30.4 Å². The van der Waals surface area contributed by atoms with E-state index in [1.807, 2.05) is 19.2 Å². The van der Waals surface area contributed by atoms with Crippen molar-refractivity contribution in [3.8, 4) is 5.75 Å². The zero-order valence-electron chi connectivity index (χ0n) is 10.5. The Morgan fingerprint density at radius 2 is 2.11 bits per heavy atom. The highest BCUT2D eigenvalue weighted by atomic mass is 35.5. The molecule has 4 heteroatoms. The van der Waals surface area contributed by atoms with Gasteiger partial charge in [-0.25, -0.2) is 0 Å². The van der Waals surface area contributed by atoms with E-state index >= 15 is 0 Å². The third kappa shape index (κ3) is 3.25. The van der Waals surface area contributed by atoms with Gasteiger partial charge in [0.05, 0.1) is 4.34 Å². The highest BCUT2D eigenvalue weighted by molar-refractivity contribution is 7.16. The SMILES string of the molecule is CNCc1cccc(C)c1OCc1ccc(Cl)s1. The summed E-state index contributed by atoms with van der Waals surface area (Å²) in [5, 5.41) is 3.16. The van der Waals surface area contributed by atoms with Crippen LogP contribution in [0.25, 0.3) is 0 Å². The summed E-state index contributed by atoms with van der Waals surface area (Å²) in [6, 6.07) is 10.1. The van der Waals surface area contributed by atoms with Crippen molar-refractivity contribution in [2.45, 2.75) is 20.1 Å². The highest BCUT2D eigenvalue weighted by Crippen LogP contribution is 2.27. The Kier molecular flexibility index (Phi) is 4.64. The maximum atomic E-state index is 5.93. The fourth-order valence-corrected chi connectivity index (χ4v) is 2.82. The molecule has 1 aromatic carbocycles. The summed E-state index contributed by atoms with van der Waals surface area (Å²) >= 11 is 7.46. The van der Waals surface area contributed by atoms with E-state index in [0.29, 0.717) is 6.61 Å². The van der Waals surface area contributed by atoms with Crippen LogP contribution in [-0.2, 0) is 13.2 Å². The Hall–Kier alpha value is -1.03. The fourth-order valence-electron chi connectivity index (χ4n) is 1.82. The summed E-state index contributed by atoms with van der Waals surface area (Å²) in [4.78, 5) is 1.14. The van der Waals surface area contributed by atoms with Gasteiger partial charge in [-0.15, -0.1) is 11.3 Å². The monoisotopic (exact) mass is 281 g/mol. The third-order valence-corrected chi connectivity index (χ3v) is 3.85.